The van der Waals surface area contributed by atoms with Gasteiger partial charge >= 0.3 is 0 Å². The fourth-order valence-corrected chi connectivity index (χ4v) is 4.22. The zero-order valence-corrected chi connectivity index (χ0v) is 17.9. The molecular weight excluding hydrogens is 357 g/mol. The Kier molecular flexibility index (Phi) is 8.60. The van der Waals surface area contributed by atoms with Gasteiger partial charge in [-0.05, 0) is 63.6 Å². The Morgan fingerprint density at radius 3 is 3.14 bits per heavy atom. The largest absolute Gasteiger partial charge is 0.353 e. The van der Waals surface area contributed by atoms with Gasteiger partial charge in [0.25, 0.3) is 0 Å². The maximum Gasteiger partial charge on any atom is 0.118 e. The van der Waals surface area contributed by atoms with E-state index >= 15 is 0 Å². The van der Waals surface area contributed by atoms with Crippen LogP contribution in [0.3, 0.4) is 0 Å². The molecule has 0 aromatic carbocycles. The number of aliphatic imine (C=N–C) groups is 1. The first-order chi connectivity index (χ1) is 14.2. The molecule has 2 heterocycles. The van der Waals surface area contributed by atoms with Crippen LogP contribution < -0.4 is 10.6 Å². The molecule has 2 radical (unpaired) electrons. The van der Waals surface area contributed by atoms with Crippen LogP contribution in [0.4, 0.5) is 0 Å². The van der Waals surface area contributed by atoms with E-state index in [1.165, 1.54) is 32.1 Å². The van der Waals surface area contributed by atoms with Gasteiger partial charge in [-0.15, -0.1) is 6.58 Å². The molecule has 156 valence electrons. The zero-order valence-electron chi connectivity index (χ0n) is 17.9. The van der Waals surface area contributed by atoms with E-state index in [-0.39, 0.29) is 18.1 Å². The quantitative estimate of drug-likeness (QED) is 0.336. The molecule has 1 aliphatic carbocycles. The van der Waals surface area contributed by atoms with Gasteiger partial charge in [0.05, 0.1) is 7.85 Å². The number of rotatable bonds is 10. The molecule has 0 bridgehead atoms. The number of nitrogens with zero attached hydrogens (tertiary/aromatic N) is 3. The van der Waals surface area contributed by atoms with Crippen LogP contribution >= 0.6 is 0 Å². The number of nitrogens with one attached hydrogen (secondary N) is 2. The van der Waals surface area contributed by atoms with E-state index in [0.717, 1.165) is 38.2 Å². The summed E-state index contributed by atoms with van der Waals surface area (Å²) in [5, 5.41) is 13.8. The van der Waals surface area contributed by atoms with Crippen molar-refractivity contribution >= 4 is 19.9 Å². The molecule has 0 aromatic heterocycles. The summed E-state index contributed by atoms with van der Waals surface area (Å²) in [6.07, 6.45) is 20.0. The molecular formula is C23H36BN5. The predicted octanol–water partition coefficient (Wildman–Crippen LogP) is 3.93. The van der Waals surface area contributed by atoms with Gasteiger partial charge in [-0.2, -0.15) is 5.10 Å². The van der Waals surface area contributed by atoms with Crippen LogP contribution in [0.2, 0.25) is 5.82 Å². The molecule has 4 atom stereocenters. The van der Waals surface area contributed by atoms with Gasteiger partial charge in [0, 0.05) is 25.7 Å². The highest BCUT2D eigenvalue weighted by molar-refractivity contribution is 6.21. The lowest BCUT2D eigenvalue weighted by Gasteiger charge is -2.40. The van der Waals surface area contributed by atoms with Crippen molar-refractivity contribution in [2.24, 2.45) is 16.0 Å². The van der Waals surface area contributed by atoms with Crippen molar-refractivity contribution in [3.63, 3.8) is 0 Å². The highest BCUT2D eigenvalue weighted by atomic mass is 15.6. The average Bonchev–Trinajstić information content (AvgIpc) is 3.13. The van der Waals surface area contributed by atoms with Crippen LogP contribution in [0.15, 0.2) is 46.5 Å². The van der Waals surface area contributed by atoms with Crippen molar-refractivity contribution in [3.8, 4) is 0 Å². The van der Waals surface area contributed by atoms with Crippen molar-refractivity contribution in [1.82, 2.24) is 15.6 Å². The Morgan fingerprint density at radius 2 is 2.38 bits per heavy atom. The Hall–Kier alpha value is -1.82. The number of fused-ring (bicyclic) bond motifs is 1. The van der Waals surface area contributed by atoms with Gasteiger partial charge in [0.1, 0.15) is 18.2 Å². The van der Waals surface area contributed by atoms with Crippen LogP contribution in [0.25, 0.3) is 0 Å². The molecule has 1 saturated heterocycles. The number of hydrogen-bond donors (Lipinski definition) is 2. The highest BCUT2D eigenvalue weighted by Crippen LogP contribution is 2.25. The molecule has 6 heteroatoms. The van der Waals surface area contributed by atoms with Gasteiger partial charge in [0.2, 0.25) is 0 Å². The summed E-state index contributed by atoms with van der Waals surface area (Å²) in [6.45, 7) is 7.77. The number of amidine groups is 1. The number of hydrazone groups is 1. The first-order valence-corrected chi connectivity index (χ1v) is 11.2. The molecule has 0 spiro atoms. The molecule has 4 unspecified atom stereocenters. The van der Waals surface area contributed by atoms with Gasteiger partial charge in [-0.1, -0.05) is 29.9 Å². The van der Waals surface area contributed by atoms with Crippen LogP contribution in [0.5, 0.6) is 0 Å². The third-order valence-electron chi connectivity index (χ3n) is 6.01. The summed E-state index contributed by atoms with van der Waals surface area (Å²) in [7, 11) is 6.24. The second kappa shape index (κ2) is 11.4. The maximum atomic E-state index is 6.24. The van der Waals surface area contributed by atoms with E-state index in [1.54, 1.807) is 5.57 Å². The summed E-state index contributed by atoms with van der Waals surface area (Å²) in [5.74, 6) is 1.34. The van der Waals surface area contributed by atoms with Crippen LogP contribution in [-0.2, 0) is 0 Å². The smallest absolute Gasteiger partial charge is 0.118 e. The normalized spacial score (nSPS) is 29.0. The molecule has 2 aliphatic heterocycles. The van der Waals surface area contributed by atoms with Crippen LogP contribution in [-0.4, -0.2) is 50.3 Å². The van der Waals surface area contributed by atoms with Crippen molar-refractivity contribution in [3.05, 3.63) is 36.5 Å². The highest BCUT2D eigenvalue weighted by Gasteiger charge is 2.37. The third kappa shape index (κ3) is 6.33. The Labute approximate surface area is 177 Å². The van der Waals surface area contributed by atoms with E-state index in [9.17, 15) is 0 Å². The summed E-state index contributed by atoms with van der Waals surface area (Å²) < 4.78 is 0. The Bertz CT molecular complexity index is 654. The average molecular weight is 393 g/mol. The second-order valence-corrected chi connectivity index (χ2v) is 8.28. The molecule has 3 aliphatic rings. The first-order valence-electron chi connectivity index (χ1n) is 11.2. The minimum absolute atomic E-state index is 0.0150. The molecule has 5 nitrogen and oxygen atoms in total. The summed E-state index contributed by atoms with van der Waals surface area (Å²) in [4.78, 5) is 4.88. The second-order valence-electron chi connectivity index (χ2n) is 8.28. The van der Waals surface area contributed by atoms with E-state index in [1.807, 2.05) is 12.3 Å². The van der Waals surface area contributed by atoms with E-state index < -0.39 is 0 Å². The third-order valence-corrected chi connectivity index (χ3v) is 6.01. The first kappa shape index (κ1) is 21.9. The number of hydrogen-bond acceptors (Lipinski definition) is 4. The monoisotopic (exact) mass is 393 g/mol. The SMILES string of the molecule is [B]C1C=NN2C(NCC(C=C)C/C=C\C)CC(=NCCCC3=CCCCC3)NC12. The molecule has 0 aromatic rings. The maximum absolute atomic E-state index is 6.24. The molecule has 1 fully saturated rings. The van der Waals surface area contributed by atoms with Crippen molar-refractivity contribution < 1.29 is 0 Å². The standard InChI is InChI=1S/C23H36BN5/c1-3-5-10-18(4-2)16-26-22-15-21(28-23-20(24)17-27-29(22)23)25-14-9-13-19-11-7-6-8-12-19/h3-5,11,17-18,20,22-23,26H,2,6-10,12-16H2,1H3,(H,25,28)/b5-3-. The minimum atomic E-state index is -0.115. The lowest BCUT2D eigenvalue weighted by Crippen LogP contribution is -2.60. The van der Waals surface area contributed by atoms with Gasteiger partial charge in [-0.25, -0.2) is 0 Å². The molecule has 0 amide bonds. The molecule has 0 saturated carbocycles. The lowest BCUT2D eigenvalue weighted by atomic mass is 9.85. The minimum Gasteiger partial charge on any atom is -0.353 e. The van der Waals surface area contributed by atoms with Gasteiger partial charge < -0.3 is 5.32 Å². The Morgan fingerprint density at radius 1 is 1.48 bits per heavy atom. The fourth-order valence-electron chi connectivity index (χ4n) is 4.22. The van der Waals surface area contributed by atoms with Crippen LogP contribution in [0, 0.1) is 5.92 Å². The van der Waals surface area contributed by atoms with Crippen molar-refractivity contribution in [2.75, 3.05) is 13.1 Å². The predicted molar refractivity (Wildman–Crippen MR) is 124 cm³/mol. The summed E-state index contributed by atoms with van der Waals surface area (Å²) >= 11 is 0. The van der Waals surface area contributed by atoms with E-state index in [0.29, 0.717) is 5.92 Å². The van der Waals surface area contributed by atoms with Gasteiger partial charge in [0.15, 0.2) is 0 Å². The summed E-state index contributed by atoms with van der Waals surface area (Å²) in [5.41, 5.74) is 1.63. The molecule has 2 N–H and O–H groups in total. The van der Waals surface area contributed by atoms with Crippen molar-refractivity contribution in [2.45, 2.75) is 76.4 Å². The zero-order chi connectivity index (χ0) is 20.5. The molecule has 29 heavy (non-hydrogen) atoms. The van der Waals surface area contributed by atoms with Crippen LogP contribution in [0.1, 0.15) is 58.3 Å². The van der Waals surface area contributed by atoms with Gasteiger partial charge in [-0.3, -0.25) is 15.3 Å². The fraction of sp³-hybridized carbons (Fsp3) is 0.652. The van der Waals surface area contributed by atoms with E-state index in [4.69, 9.17) is 12.8 Å². The van der Waals surface area contributed by atoms with Crippen molar-refractivity contribution in [1.29, 1.82) is 0 Å². The molecule has 3 rings (SSSR count). The lowest BCUT2D eigenvalue weighted by molar-refractivity contribution is 0.107. The summed E-state index contributed by atoms with van der Waals surface area (Å²) in [6, 6.07) is 0. The Balaban J connectivity index is 1.53. The number of allylic oxidation sites excluding steroid dienone is 4. The van der Waals surface area contributed by atoms with E-state index in [2.05, 4.69) is 52.5 Å². The topological polar surface area (TPSA) is 52.0 Å².